The topological polar surface area (TPSA) is 70.9 Å². The van der Waals surface area contributed by atoms with Crippen LogP contribution in [0.4, 0.5) is 0 Å². The normalized spacial score (nSPS) is 11.2. The lowest BCUT2D eigenvalue weighted by Crippen LogP contribution is -2.25. The number of rotatable bonds is 5. The second kappa shape index (κ2) is 7.78. The van der Waals surface area contributed by atoms with Gasteiger partial charge in [0, 0.05) is 10.0 Å². The van der Waals surface area contributed by atoms with E-state index in [-0.39, 0.29) is 18.3 Å². The number of aryl methyl sites for hydroxylation is 1. The maximum Gasteiger partial charge on any atom is 0.277 e. The molecule has 0 radical (unpaired) electrons. The lowest BCUT2D eigenvalue weighted by Gasteiger charge is -2.07. The molecule has 6 heteroatoms. The van der Waals surface area contributed by atoms with Crippen LogP contribution in [0.1, 0.15) is 18.1 Å². The average molecular weight is 377 g/mol. The number of nitrogens with zero attached hydrogens (tertiary/aromatic N) is 1. The number of hydrazone groups is 1. The smallest absolute Gasteiger partial charge is 0.277 e. The Balaban J connectivity index is 1.91. The molecule has 2 aromatic carbocycles. The second-order valence-corrected chi connectivity index (χ2v) is 5.80. The second-order valence-electron chi connectivity index (χ2n) is 4.95. The summed E-state index contributed by atoms with van der Waals surface area (Å²) in [6.07, 6.45) is 0. The number of hydrogen-bond acceptors (Lipinski definition) is 4. The lowest BCUT2D eigenvalue weighted by atomic mass is 10.1. The highest BCUT2D eigenvalue weighted by Gasteiger charge is 2.06. The fourth-order valence-corrected chi connectivity index (χ4v) is 2.12. The predicted octanol–water partition coefficient (Wildman–Crippen LogP) is 3.38. The van der Waals surface area contributed by atoms with Crippen molar-refractivity contribution in [1.82, 2.24) is 5.43 Å². The number of carbonyl (C=O) groups is 1. The number of hydrogen-bond donors (Lipinski definition) is 2. The Morgan fingerprint density at radius 3 is 2.74 bits per heavy atom. The van der Waals surface area contributed by atoms with Gasteiger partial charge < -0.3 is 9.84 Å². The standard InChI is InChI=1S/C17H17BrN2O3/c1-11-9-13(7-8-15(11)18)23-10-17(22)20-19-12(2)14-5-3-4-6-16(14)21/h3-9,21H,10H2,1-2H3,(H,20,22). The largest absolute Gasteiger partial charge is 0.507 e. The molecule has 0 aliphatic heterocycles. The highest BCUT2D eigenvalue weighted by Crippen LogP contribution is 2.21. The minimum atomic E-state index is -0.375. The van der Waals surface area contributed by atoms with Gasteiger partial charge in [-0.1, -0.05) is 28.1 Å². The zero-order valence-corrected chi connectivity index (χ0v) is 14.4. The van der Waals surface area contributed by atoms with E-state index >= 15 is 0 Å². The summed E-state index contributed by atoms with van der Waals surface area (Å²) in [5.74, 6) is 0.354. The number of phenols is 1. The van der Waals surface area contributed by atoms with E-state index in [2.05, 4.69) is 26.5 Å². The number of ether oxygens (including phenoxy) is 1. The van der Waals surface area contributed by atoms with Crippen LogP contribution in [0.2, 0.25) is 0 Å². The summed E-state index contributed by atoms with van der Waals surface area (Å²) in [5, 5.41) is 13.7. The molecule has 0 saturated heterocycles. The molecular weight excluding hydrogens is 360 g/mol. The number of aromatic hydroxyl groups is 1. The van der Waals surface area contributed by atoms with Crippen LogP contribution in [0, 0.1) is 6.92 Å². The van der Waals surface area contributed by atoms with Crippen molar-refractivity contribution in [3.63, 3.8) is 0 Å². The first-order valence-electron chi connectivity index (χ1n) is 6.98. The van der Waals surface area contributed by atoms with Crippen LogP contribution in [-0.4, -0.2) is 23.3 Å². The van der Waals surface area contributed by atoms with Crippen LogP contribution < -0.4 is 10.2 Å². The van der Waals surface area contributed by atoms with Crippen molar-refractivity contribution in [2.75, 3.05) is 6.61 Å². The summed E-state index contributed by atoms with van der Waals surface area (Å²) in [5.41, 5.74) is 4.51. The van der Waals surface area contributed by atoms with Crippen molar-refractivity contribution in [2.24, 2.45) is 5.10 Å². The fraction of sp³-hybridized carbons (Fsp3) is 0.176. The molecule has 0 spiro atoms. The predicted molar refractivity (Wildman–Crippen MR) is 92.8 cm³/mol. The number of benzene rings is 2. The van der Waals surface area contributed by atoms with Crippen molar-refractivity contribution in [3.8, 4) is 11.5 Å². The molecular formula is C17H17BrN2O3. The summed E-state index contributed by atoms with van der Waals surface area (Å²) in [6.45, 7) is 3.50. The molecule has 5 nitrogen and oxygen atoms in total. The molecule has 2 aromatic rings. The molecule has 0 atom stereocenters. The quantitative estimate of drug-likeness (QED) is 0.620. The van der Waals surface area contributed by atoms with Crippen LogP contribution in [-0.2, 0) is 4.79 Å². The van der Waals surface area contributed by atoms with Crippen LogP contribution in [0.25, 0.3) is 0 Å². The van der Waals surface area contributed by atoms with Gasteiger partial charge in [-0.2, -0.15) is 5.10 Å². The molecule has 0 unspecified atom stereocenters. The van der Waals surface area contributed by atoms with Crippen molar-refractivity contribution < 1.29 is 14.6 Å². The molecule has 0 fully saturated rings. The van der Waals surface area contributed by atoms with E-state index in [1.165, 1.54) is 0 Å². The van der Waals surface area contributed by atoms with Gasteiger partial charge in [-0.15, -0.1) is 0 Å². The zero-order chi connectivity index (χ0) is 16.8. The summed E-state index contributed by atoms with van der Waals surface area (Å²) < 4.78 is 6.40. The number of phenolic OH excluding ortho intramolecular Hbond substituents is 1. The molecule has 0 aromatic heterocycles. The first-order chi connectivity index (χ1) is 11.0. The van der Waals surface area contributed by atoms with Crippen LogP contribution >= 0.6 is 15.9 Å². The molecule has 0 aliphatic carbocycles. The SMILES string of the molecule is CC(=NNC(=O)COc1ccc(Br)c(C)c1)c1ccccc1O. The molecule has 120 valence electrons. The lowest BCUT2D eigenvalue weighted by molar-refractivity contribution is -0.123. The van der Waals surface area contributed by atoms with Crippen molar-refractivity contribution in [2.45, 2.75) is 13.8 Å². The Bertz CT molecular complexity index is 744. The van der Waals surface area contributed by atoms with E-state index in [1.54, 1.807) is 37.3 Å². The van der Waals surface area contributed by atoms with Crippen molar-refractivity contribution in [3.05, 3.63) is 58.1 Å². The van der Waals surface area contributed by atoms with E-state index in [0.29, 0.717) is 17.0 Å². The molecule has 2 N–H and O–H groups in total. The van der Waals surface area contributed by atoms with Crippen LogP contribution in [0.5, 0.6) is 11.5 Å². The molecule has 0 bridgehead atoms. The van der Waals surface area contributed by atoms with Crippen LogP contribution in [0.15, 0.2) is 52.0 Å². The minimum absolute atomic E-state index is 0.115. The Kier molecular flexibility index (Phi) is 5.76. The Hall–Kier alpha value is -2.34. The Labute approximate surface area is 143 Å². The number of nitrogens with one attached hydrogen (secondary N) is 1. The van der Waals surface area contributed by atoms with Gasteiger partial charge in [0.05, 0.1) is 5.71 Å². The molecule has 2 rings (SSSR count). The van der Waals surface area contributed by atoms with Gasteiger partial charge in [-0.3, -0.25) is 4.79 Å². The van der Waals surface area contributed by atoms with Gasteiger partial charge in [-0.05, 0) is 49.7 Å². The first-order valence-corrected chi connectivity index (χ1v) is 7.77. The monoisotopic (exact) mass is 376 g/mol. The van der Waals surface area contributed by atoms with Crippen LogP contribution in [0.3, 0.4) is 0 Å². The van der Waals surface area contributed by atoms with Gasteiger partial charge in [0.2, 0.25) is 0 Å². The van der Waals surface area contributed by atoms with E-state index in [9.17, 15) is 9.90 Å². The first kappa shape index (κ1) is 17.0. The van der Waals surface area contributed by atoms with Gasteiger partial charge >= 0.3 is 0 Å². The van der Waals surface area contributed by atoms with E-state index in [4.69, 9.17) is 4.74 Å². The molecule has 0 heterocycles. The number of amides is 1. The Morgan fingerprint density at radius 2 is 2.04 bits per heavy atom. The highest BCUT2D eigenvalue weighted by atomic mass is 79.9. The van der Waals surface area contributed by atoms with Crippen molar-refractivity contribution >= 4 is 27.5 Å². The molecule has 1 amide bonds. The van der Waals surface area contributed by atoms with Gasteiger partial charge in [0.15, 0.2) is 6.61 Å². The fourth-order valence-electron chi connectivity index (χ4n) is 1.87. The highest BCUT2D eigenvalue weighted by molar-refractivity contribution is 9.10. The summed E-state index contributed by atoms with van der Waals surface area (Å²) >= 11 is 3.41. The maximum atomic E-state index is 11.8. The zero-order valence-electron chi connectivity index (χ0n) is 12.8. The van der Waals surface area contributed by atoms with E-state index < -0.39 is 0 Å². The van der Waals surface area contributed by atoms with Gasteiger partial charge in [-0.25, -0.2) is 5.43 Å². The van der Waals surface area contributed by atoms with Crippen molar-refractivity contribution in [1.29, 1.82) is 0 Å². The molecule has 23 heavy (non-hydrogen) atoms. The maximum absolute atomic E-state index is 11.8. The third-order valence-corrected chi connectivity index (χ3v) is 4.03. The minimum Gasteiger partial charge on any atom is -0.507 e. The number of halogens is 1. The van der Waals surface area contributed by atoms with E-state index in [1.807, 2.05) is 19.1 Å². The van der Waals surface area contributed by atoms with Gasteiger partial charge in [0.25, 0.3) is 5.91 Å². The average Bonchev–Trinajstić information content (AvgIpc) is 2.54. The molecule has 0 aliphatic rings. The van der Waals surface area contributed by atoms with Gasteiger partial charge in [0.1, 0.15) is 11.5 Å². The third-order valence-electron chi connectivity index (χ3n) is 3.14. The number of para-hydroxylation sites is 1. The van der Waals surface area contributed by atoms with E-state index in [0.717, 1.165) is 10.0 Å². The summed E-state index contributed by atoms with van der Waals surface area (Å²) in [7, 11) is 0. The molecule has 0 saturated carbocycles. The summed E-state index contributed by atoms with van der Waals surface area (Å²) in [4.78, 5) is 11.8. The third kappa shape index (κ3) is 4.82. The number of carbonyl (C=O) groups excluding carboxylic acids is 1. The Morgan fingerprint density at radius 1 is 1.30 bits per heavy atom. The summed E-state index contributed by atoms with van der Waals surface area (Å²) in [6, 6.07) is 12.3.